The summed E-state index contributed by atoms with van der Waals surface area (Å²) in [5, 5.41) is 11.5. The fraction of sp³-hybridized carbons (Fsp3) is 0. The zero-order valence-electron chi connectivity index (χ0n) is 9.83. The molecule has 19 heavy (non-hydrogen) atoms. The van der Waals surface area contributed by atoms with E-state index in [1.54, 1.807) is 18.3 Å². The molecule has 3 N–H and O–H groups in total. The van der Waals surface area contributed by atoms with Gasteiger partial charge in [0.2, 0.25) is 5.91 Å². The maximum absolute atomic E-state index is 11.7. The van der Waals surface area contributed by atoms with Gasteiger partial charge in [0.15, 0.2) is 0 Å². The van der Waals surface area contributed by atoms with E-state index in [0.29, 0.717) is 5.69 Å². The Morgan fingerprint density at radius 3 is 2.79 bits per heavy atom. The highest BCUT2D eigenvalue weighted by Gasteiger charge is 2.09. The molecule has 1 heterocycles. The first-order chi connectivity index (χ1) is 9.16. The summed E-state index contributed by atoms with van der Waals surface area (Å²) in [5.41, 5.74) is 0.914. The van der Waals surface area contributed by atoms with Crippen molar-refractivity contribution >= 4 is 23.6 Å². The Morgan fingerprint density at radius 1 is 1.32 bits per heavy atom. The predicted molar refractivity (Wildman–Crippen MR) is 69.7 cm³/mol. The topological polar surface area (TPSA) is 95.1 Å². The van der Waals surface area contributed by atoms with E-state index in [9.17, 15) is 9.59 Å². The van der Waals surface area contributed by atoms with Crippen LogP contribution < -0.4 is 5.32 Å². The van der Waals surface area contributed by atoms with Gasteiger partial charge in [-0.3, -0.25) is 4.79 Å². The molecule has 0 saturated carbocycles. The summed E-state index contributed by atoms with van der Waals surface area (Å²) >= 11 is 0. The van der Waals surface area contributed by atoms with Crippen molar-refractivity contribution in [3.63, 3.8) is 0 Å². The van der Waals surface area contributed by atoms with Crippen LogP contribution in [0.3, 0.4) is 0 Å². The number of carboxylic acid groups (broad SMARTS) is 1. The third kappa shape index (κ3) is 3.29. The molecule has 0 aliphatic carbocycles. The van der Waals surface area contributed by atoms with Crippen LogP contribution in [0.4, 0.5) is 5.69 Å². The number of benzene rings is 1. The van der Waals surface area contributed by atoms with Gasteiger partial charge >= 0.3 is 5.97 Å². The van der Waals surface area contributed by atoms with E-state index in [1.165, 1.54) is 30.6 Å². The van der Waals surface area contributed by atoms with Gasteiger partial charge in [-0.15, -0.1) is 0 Å². The number of carboxylic acids is 1. The van der Waals surface area contributed by atoms with Crippen molar-refractivity contribution in [3.05, 3.63) is 54.1 Å². The monoisotopic (exact) mass is 257 g/mol. The van der Waals surface area contributed by atoms with Crippen LogP contribution in [0.5, 0.6) is 0 Å². The van der Waals surface area contributed by atoms with E-state index in [4.69, 9.17) is 5.11 Å². The molecule has 2 rings (SSSR count). The van der Waals surface area contributed by atoms with Gasteiger partial charge < -0.3 is 15.4 Å². The molecule has 0 radical (unpaired) electrons. The molecule has 0 unspecified atom stereocenters. The molecule has 96 valence electrons. The average molecular weight is 257 g/mol. The smallest absolute Gasteiger partial charge is 0.337 e. The second kappa shape index (κ2) is 5.63. The van der Waals surface area contributed by atoms with Crippen molar-refractivity contribution in [1.29, 1.82) is 0 Å². The number of hydrogen-bond acceptors (Lipinski definition) is 3. The molecule has 1 amide bonds. The molecule has 0 saturated heterocycles. The summed E-state index contributed by atoms with van der Waals surface area (Å²) in [6.07, 6.45) is 5.94. The molecule has 0 bridgehead atoms. The molecule has 6 nitrogen and oxygen atoms in total. The van der Waals surface area contributed by atoms with E-state index in [0.717, 1.165) is 0 Å². The third-order valence-electron chi connectivity index (χ3n) is 2.34. The van der Waals surface area contributed by atoms with Crippen LogP contribution in [0, 0.1) is 0 Å². The minimum Gasteiger partial charge on any atom is -0.478 e. The van der Waals surface area contributed by atoms with Gasteiger partial charge in [0, 0.05) is 12.3 Å². The summed E-state index contributed by atoms with van der Waals surface area (Å²) in [6, 6.07) is 6.21. The van der Waals surface area contributed by atoms with Gasteiger partial charge in [0.25, 0.3) is 0 Å². The molecule has 0 fully saturated rings. The molecular weight excluding hydrogens is 246 g/mol. The van der Waals surface area contributed by atoms with Crippen molar-refractivity contribution in [2.45, 2.75) is 0 Å². The van der Waals surface area contributed by atoms with Crippen molar-refractivity contribution in [3.8, 4) is 0 Å². The van der Waals surface area contributed by atoms with Crippen LogP contribution in [0.25, 0.3) is 6.08 Å². The van der Waals surface area contributed by atoms with Crippen molar-refractivity contribution in [2.24, 2.45) is 0 Å². The maximum atomic E-state index is 11.7. The Labute approximate surface area is 108 Å². The zero-order valence-corrected chi connectivity index (χ0v) is 9.83. The summed E-state index contributed by atoms with van der Waals surface area (Å²) in [6.45, 7) is 0. The van der Waals surface area contributed by atoms with Crippen LogP contribution in [0.15, 0.2) is 42.9 Å². The normalized spacial score (nSPS) is 10.5. The van der Waals surface area contributed by atoms with Gasteiger partial charge in [0.1, 0.15) is 0 Å². The number of imidazole rings is 1. The molecule has 0 aliphatic heterocycles. The van der Waals surface area contributed by atoms with Crippen LogP contribution in [-0.2, 0) is 4.79 Å². The number of hydrogen-bond donors (Lipinski definition) is 3. The highest BCUT2D eigenvalue weighted by atomic mass is 16.4. The average Bonchev–Trinajstić information content (AvgIpc) is 2.90. The molecular formula is C13H11N3O3. The van der Waals surface area contributed by atoms with Crippen molar-refractivity contribution in [1.82, 2.24) is 9.97 Å². The quantitative estimate of drug-likeness (QED) is 0.727. The fourth-order valence-corrected chi connectivity index (χ4v) is 1.48. The lowest BCUT2D eigenvalue weighted by atomic mass is 10.2. The van der Waals surface area contributed by atoms with Gasteiger partial charge in [-0.2, -0.15) is 0 Å². The number of nitrogens with zero attached hydrogens (tertiary/aromatic N) is 1. The summed E-state index contributed by atoms with van der Waals surface area (Å²) < 4.78 is 0. The lowest BCUT2D eigenvalue weighted by molar-refractivity contribution is -0.111. The number of rotatable bonds is 4. The molecule has 0 atom stereocenters. The van der Waals surface area contributed by atoms with Crippen molar-refractivity contribution < 1.29 is 14.7 Å². The van der Waals surface area contributed by atoms with Crippen LogP contribution in [0.1, 0.15) is 16.1 Å². The summed E-state index contributed by atoms with van der Waals surface area (Å²) in [4.78, 5) is 29.3. The number of aromatic carboxylic acids is 1. The second-order valence-electron chi connectivity index (χ2n) is 3.67. The Bertz CT molecular complexity index is 618. The van der Waals surface area contributed by atoms with E-state index in [2.05, 4.69) is 15.3 Å². The number of anilines is 1. The van der Waals surface area contributed by atoms with E-state index in [1.807, 2.05) is 0 Å². The van der Waals surface area contributed by atoms with E-state index in [-0.39, 0.29) is 11.3 Å². The number of H-pyrrole nitrogens is 1. The van der Waals surface area contributed by atoms with Gasteiger partial charge in [-0.05, 0) is 18.2 Å². The standard InChI is InChI=1S/C13H11N3O3/c17-12(6-5-9-7-14-8-15-9)16-11-4-2-1-3-10(11)13(18)19/h1-8H,(H,14,15)(H,16,17)(H,18,19). The number of amides is 1. The Hall–Kier alpha value is -2.89. The van der Waals surface area contributed by atoms with E-state index >= 15 is 0 Å². The lowest BCUT2D eigenvalue weighted by Crippen LogP contribution is -2.11. The van der Waals surface area contributed by atoms with Crippen LogP contribution in [0.2, 0.25) is 0 Å². The third-order valence-corrected chi connectivity index (χ3v) is 2.34. The minimum atomic E-state index is -1.09. The molecule has 0 aliphatic rings. The number of para-hydroxylation sites is 1. The number of aromatic nitrogens is 2. The Morgan fingerprint density at radius 2 is 2.11 bits per heavy atom. The molecule has 6 heteroatoms. The Balaban J connectivity index is 2.09. The molecule has 0 spiro atoms. The fourth-order valence-electron chi connectivity index (χ4n) is 1.48. The predicted octanol–water partition coefficient (Wildman–Crippen LogP) is 1.76. The Kier molecular flexibility index (Phi) is 3.72. The van der Waals surface area contributed by atoms with Gasteiger partial charge in [-0.1, -0.05) is 12.1 Å². The highest BCUT2D eigenvalue weighted by Crippen LogP contribution is 2.14. The zero-order chi connectivity index (χ0) is 13.7. The second-order valence-corrected chi connectivity index (χ2v) is 3.67. The summed E-state index contributed by atoms with van der Waals surface area (Å²) in [7, 11) is 0. The van der Waals surface area contributed by atoms with Gasteiger partial charge in [0.05, 0.1) is 23.3 Å². The van der Waals surface area contributed by atoms with Gasteiger partial charge in [-0.25, -0.2) is 9.78 Å². The number of carbonyl (C=O) groups excluding carboxylic acids is 1. The molecule has 1 aromatic heterocycles. The number of nitrogens with one attached hydrogen (secondary N) is 2. The number of carbonyl (C=O) groups is 2. The molecule has 1 aromatic carbocycles. The maximum Gasteiger partial charge on any atom is 0.337 e. The van der Waals surface area contributed by atoms with Crippen LogP contribution in [-0.4, -0.2) is 27.0 Å². The first-order valence-electron chi connectivity index (χ1n) is 5.47. The number of aromatic amines is 1. The largest absolute Gasteiger partial charge is 0.478 e. The lowest BCUT2D eigenvalue weighted by Gasteiger charge is -2.05. The van der Waals surface area contributed by atoms with Crippen molar-refractivity contribution in [2.75, 3.05) is 5.32 Å². The summed E-state index contributed by atoms with van der Waals surface area (Å²) in [5.74, 6) is -1.51. The van der Waals surface area contributed by atoms with Crippen LogP contribution >= 0.6 is 0 Å². The minimum absolute atomic E-state index is 0.0454. The first-order valence-corrected chi connectivity index (χ1v) is 5.47. The van der Waals surface area contributed by atoms with E-state index < -0.39 is 11.9 Å². The SMILES string of the molecule is O=C(C=Cc1c[nH]cn1)Nc1ccccc1C(=O)O. The molecule has 2 aromatic rings. The highest BCUT2D eigenvalue weighted by molar-refractivity contribution is 6.05. The first kappa shape index (κ1) is 12.6.